The van der Waals surface area contributed by atoms with Gasteiger partial charge in [-0.05, 0) is 19.1 Å². The van der Waals surface area contributed by atoms with Crippen LogP contribution in [0.25, 0.3) is 0 Å². The Morgan fingerprint density at radius 3 is 2.31 bits per heavy atom. The van der Waals surface area contributed by atoms with E-state index in [0.717, 1.165) is 5.69 Å². The van der Waals surface area contributed by atoms with Gasteiger partial charge in [0.15, 0.2) is 0 Å². The van der Waals surface area contributed by atoms with E-state index in [-0.39, 0.29) is 11.8 Å². The summed E-state index contributed by atoms with van der Waals surface area (Å²) in [5.41, 5.74) is 1.01. The van der Waals surface area contributed by atoms with E-state index in [0.29, 0.717) is 6.04 Å². The largest absolute Gasteiger partial charge is 0.309 e. The van der Waals surface area contributed by atoms with Crippen LogP contribution in [-0.2, 0) is 4.79 Å². The van der Waals surface area contributed by atoms with Crippen LogP contribution in [0.3, 0.4) is 0 Å². The minimum absolute atomic E-state index is 0.181. The molecule has 68 valence electrons. The van der Waals surface area contributed by atoms with Crippen molar-refractivity contribution in [2.45, 2.75) is 19.9 Å². The van der Waals surface area contributed by atoms with Gasteiger partial charge < -0.3 is 4.90 Å². The molecule has 2 rings (SSSR count). The fourth-order valence-electron chi connectivity index (χ4n) is 1.72. The minimum atomic E-state index is 0.181. The van der Waals surface area contributed by atoms with Crippen molar-refractivity contribution >= 4 is 11.6 Å². The lowest BCUT2D eigenvalue weighted by molar-refractivity contribution is -0.128. The average Bonchev–Trinajstić information content (AvgIpc) is 2.19. The quantitative estimate of drug-likeness (QED) is 0.598. The smallest absolute Gasteiger partial charge is 0.232 e. The van der Waals surface area contributed by atoms with Crippen LogP contribution in [0.15, 0.2) is 30.3 Å². The van der Waals surface area contributed by atoms with E-state index in [2.05, 4.69) is 6.92 Å². The SMILES string of the molecule is C[C@@H]1C(=O)N(c2ccccc2)[C@@H]1C. The molecule has 13 heavy (non-hydrogen) atoms. The molecule has 1 aromatic carbocycles. The second-order valence-electron chi connectivity index (χ2n) is 3.57. The van der Waals surface area contributed by atoms with Gasteiger partial charge >= 0.3 is 0 Å². The van der Waals surface area contributed by atoms with Crippen LogP contribution in [0.2, 0.25) is 0 Å². The maximum Gasteiger partial charge on any atom is 0.232 e. The van der Waals surface area contributed by atoms with Crippen molar-refractivity contribution in [2.75, 3.05) is 4.90 Å². The van der Waals surface area contributed by atoms with Crippen molar-refractivity contribution in [3.63, 3.8) is 0 Å². The molecule has 0 aliphatic carbocycles. The predicted octanol–water partition coefficient (Wildman–Crippen LogP) is 2.06. The summed E-state index contributed by atoms with van der Waals surface area (Å²) in [5.74, 6) is 0.416. The number of β-lactam (4-membered cyclic amide) rings is 1. The number of rotatable bonds is 1. The topological polar surface area (TPSA) is 20.3 Å². The lowest BCUT2D eigenvalue weighted by atomic mass is 9.90. The van der Waals surface area contributed by atoms with Gasteiger partial charge in [0.1, 0.15) is 0 Å². The third-order valence-corrected chi connectivity index (χ3v) is 2.79. The predicted molar refractivity (Wildman–Crippen MR) is 52.6 cm³/mol. The number of hydrogen-bond donors (Lipinski definition) is 0. The number of carbonyl (C=O) groups is 1. The van der Waals surface area contributed by atoms with E-state index < -0.39 is 0 Å². The maximum atomic E-state index is 11.5. The third kappa shape index (κ3) is 1.13. The van der Waals surface area contributed by atoms with E-state index in [1.54, 1.807) is 0 Å². The summed E-state index contributed by atoms with van der Waals surface area (Å²) in [5, 5.41) is 0. The van der Waals surface area contributed by atoms with E-state index in [1.165, 1.54) is 0 Å². The van der Waals surface area contributed by atoms with E-state index in [9.17, 15) is 4.79 Å². The summed E-state index contributed by atoms with van der Waals surface area (Å²) in [6.07, 6.45) is 0. The first-order valence-corrected chi connectivity index (χ1v) is 4.60. The molecule has 1 heterocycles. The van der Waals surface area contributed by atoms with Crippen molar-refractivity contribution in [3.8, 4) is 0 Å². The molecule has 0 radical (unpaired) electrons. The second kappa shape index (κ2) is 2.87. The Bertz CT molecular complexity index is 320. The number of anilines is 1. The Labute approximate surface area is 78.2 Å². The maximum absolute atomic E-state index is 11.5. The second-order valence-corrected chi connectivity index (χ2v) is 3.57. The van der Waals surface area contributed by atoms with Gasteiger partial charge in [0.05, 0.1) is 5.92 Å². The molecular formula is C11H13NO. The number of benzene rings is 1. The van der Waals surface area contributed by atoms with E-state index >= 15 is 0 Å². The average molecular weight is 175 g/mol. The van der Waals surface area contributed by atoms with Crippen LogP contribution < -0.4 is 4.90 Å². The number of carbonyl (C=O) groups excluding carboxylic acids is 1. The van der Waals surface area contributed by atoms with Crippen molar-refractivity contribution in [1.29, 1.82) is 0 Å². The molecule has 0 bridgehead atoms. The molecule has 0 N–H and O–H groups in total. The molecule has 1 aromatic rings. The first-order chi connectivity index (χ1) is 6.22. The summed E-state index contributed by atoms with van der Waals surface area (Å²) >= 11 is 0. The fourth-order valence-corrected chi connectivity index (χ4v) is 1.72. The third-order valence-electron chi connectivity index (χ3n) is 2.79. The van der Waals surface area contributed by atoms with Crippen LogP contribution in [0, 0.1) is 5.92 Å². The Hall–Kier alpha value is -1.31. The molecule has 1 aliphatic rings. The number of amides is 1. The van der Waals surface area contributed by atoms with Crippen LogP contribution >= 0.6 is 0 Å². The zero-order valence-electron chi connectivity index (χ0n) is 7.90. The van der Waals surface area contributed by atoms with Gasteiger partial charge in [-0.1, -0.05) is 25.1 Å². The van der Waals surface area contributed by atoms with Crippen molar-refractivity contribution in [1.82, 2.24) is 0 Å². The molecule has 2 atom stereocenters. The Morgan fingerprint density at radius 1 is 1.15 bits per heavy atom. The summed E-state index contributed by atoms with van der Waals surface area (Å²) in [7, 11) is 0. The molecule has 1 aliphatic heterocycles. The molecule has 1 saturated heterocycles. The van der Waals surface area contributed by atoms with Gasteiger partial charge in [0.2, 0.25) is 5.91 Å². The fraction of sp³-hybridized carbons (Fsp3) is 0.364. The van der Waals surface area contributed by atoms with Gasteiger partial charge in [-0.2, -0.15) is 0 Å². The highest BCUT2D eigenvalue weighted by atomic mass is 16.2. The Morgan fingerprint density at radius 2 is 1.77 bits per heavy atom. The number of hydrogen-bond acceptors (Lipinski definition) is 1. The molecule has 0 spiro atoms. The molecule has 0 aromatic heterocycles. The van der Waals surface area contributed by atoms with Crippen LogP contribution in [0.1, 0.15) is 13.8 Å². The summed E-state index contributed by atoms with van der Waals surface area (Å²) < 4.78 is 0. The molecule has 2 nitrogen and oxygen atoms in total. The van der Waals surface area contributed by atoms with Gasteiger partial charge in [-0.25, -0.2) is 0 Å². The summed E-state index contributed by atoms with van der Waals surface area (Å²) in [6, 6.07) is 10.2. The lowest BCUT2D eigenvalue weighted by Crippen LogP contribution is -2.58. The number of nitrogens with zero attached hydrogens (tertiary/aromatic N) is 1. The van der Waals surface area contributed by atoms with Crippen LogP contribution in [-0.4, -0.2) is 11.9 Å². The van der Waals surface area contributed by atoms with Gasteiger partial charge in [-0.3, -0.25) is 4.79 Å². The Kier molecular flexibility index (Phi) is 1.83. The van der Waals surface area contributed by atoms with E-state index in [1.807, 2.05) is 42.2 Å². The zero-order valence-corrected chi connectivity index (χ0v) is 7.90. The first-order valence-electron chi connectivity index (χ1n) is 4.60. The van der Waals surface area contributed by atoms with Crippen molar-refractivity contribution in [3.05, 3.63) is 30.3 Å². The highest BCUT2D eigenvalue weighted by molar-refractivity contribution is 6.02. The first kappa shape index (κ1) is 8.30. The van der Waals surface area contributed by atoms with Gasteiger partial charge in [0, 0.05) is 11.7 Å². The molecule has 0 saturated carbocycles. The zero-order chi connectivity index (χ0) is 9.42. The van der Waals surface area contributed by atoms with E-state index in [4.69, 9.17) is 0 Å². The summed E-state index contributed by atoms with van der Waals surface area (Å²) in [4.78, 5) is 13.4. The van der Waals surface area contributed by atoms with Crippen LogP contribution in [0.5, 0.6) is 0 Å². The Balaban J connectivity index is 2.25. The standard InChI is InChI=1S/C11H13NO/c1-8-9(2)12(11(8)13)10-6-4-3-5-7-10/h3-9H,1-2H3/t8-,9+/m0/s1. The lowest BCUT2D eigenvalue weighted by Gasteiger charge is -2.43. The molecule has 1 amide bonds. The van der Waals surface area contributed by atoms with Crippen molar-refractivity contribution in [2.24, 2.45) is 5.92 Å². The van der Waals surface area contributed by atoms with Gasteiger partial charge in [-0.15, -0.1) is 0 Å². The normalized spacial score (nSPS) is 27.2. The number of para-hydroxylation sites is 1. The minimum Gasteiger partial charge on any atom is -0.309 e. The molecule has 0 unspecified atom stereocenters. The highest BCUT2D eigenvalue weighted by Gasteiger charge is 2.41. The molecular weight excluding hydrogens is 162 g/mol. The van der Waals surface area contributed by atoms with Crippen molar-refractivity contribution < 1.29 is 4.79 Å². The molecule has 2 heteroatoms. The summed E-state index contributed by atoms with van der Waals surface area (Å²) in [6.45, 7) is 4.06. The monoisotopic (exact) mass is 175 g/mol. The highest BCUT2D eigenvalue weighted by Crippen LogP contribution is 2.31. The molecule has 1 fully saturated rings. The van der Waals surface area contributed by atoms with Crippen LogP contribution in [0.4, 0.5) is 5.69 Å². The van der Waals surface area contributed by atoms with Gasteiger partial charge in [0.25, 0.3) is 0 Å².